The lowest BCUT2D eigenvalue weighted by Gasteiger charge is -2.45. The summed E-state index contributed by atoms with van der Waals surface area (Å²) in [5.74, 6) is -0.0987. The lowest BCUT2D eigenvalue weighted by Crippen LogP contribution is -2.58. The second kappa shape index (κ2) is 7.33. The first kappa shape index (κ1) is 19.1. The molecule has 4 rings (SSSR count). The van der Waals surface area contributed by atoms with Gasteiger partial charge in [-0.25, -0.2) is 13.4 Å². The fourth-order valence-corrected chi connectivity index (χ4v) is 6.17. The molecule has 150 valence electrons. The number of aryl methyl sites for hydroxylation is 1. The van der Waals surface area contributed by atoms with E-state index in [2.05, 4.69) is 4.98 Å². The minimum absolute atomic E-state index is 0.00188. The van der Waals surface area contributed by atoms with Crippen LogP contribution in [-0.2, 0) is 22.8 Å². The molecular formula is C20H26N4O3S. The maximum Gasteiger partial charge on any atom is 0.274 e. The van der Waals surface area contributed by atoms with Crippen LogP contribution in [0.4, 0.5) is 0 Å². The molecule has 1 spiro atoms. The second-order valence-electron chi connectivity index (χ2n) is 7.89. The second-order valence-corrected chi connectivity index (χ2v) is 9.86. The first-order valence-electron chi connectivity index (χ1n) is 9.71. The molecule has 0 unspecified atom stereocenters. The van der Waals surface area contributed by atoms with Crippen molar-refractivity contribution in [3.8, 4) is 0 Å². The van der Waals surface area contributed by atoms with Crippen LogP contribution in [0.3, 0.4) is 0 Å². The van der Waals surface area contributed by atoms with Crippen molar-refractivity contribution in [2.24, 2.45) is 7.05 Å². The lowest BCUT2D eigenvalue weighted by atomic mass is 9.87. The predicted molar refractivity (Wildman–Crippen MR) is 106 cm³/mol. The molecule has 1 aromatic carbocycles. The number of hydrogen-bond acceptors (Lipinski definition) is 4. The monoisotopic (exact) mass is 402 g/mol. The highest BCUT2D eigenvalue weighted by molar-refractivity contribution is 7.88. The number of likely N-dealkylation sites (tertiary alicyclic amines) is 1. The molecule has 2 fully saturated rings. The van der Waals surface area contributed by atoms with Crippen molar-refractivity contribution in [2.45, 2.75) is 37.0 Å². The van der Waals surface area contributed by atoms with E-state index >= 15 is 0 Å². The van der Waals surface area contributed by atoms with Crippen LogP contribution in [0, 0.1) is 0 Å². The molecule has 8 heteroatoms. The van der Waals surface area contributed by atoms with Crippen LogP contribution in [0.1, 0.15) is 41.7 Å². The van der Waals surface area contributed by atoms with Crippen LogP contribution in [0.2, 0.25) is 0 Å². The Morgan fingerprint density at radius 3 is 2.54 bits per heavy atom. The zero-order chi connectivity index (χ0) is 19.8. The number of nitrogens with zero attached hydrogens (tertiary/aromatic N) is 4. The van der Waals surface area contributed by atoms with Crippen molar-refractivity contribution in [2.75, 3.05) is 19.6 Å². The molecule has 2 saturated heterocycles. The number of benzene rings is 1. The van der Waals surface area contributed by atoms with E-state index in [0.29, 0.717) is 25.3 Å². The van der Waals surface area contributed by atoms with E-state index in [0.717, 1.165) is 31.2 Å². The maximum atomic E-state index is 13.1. The molecule has 7 nitrogen and oxygen atoms in total. The molecule has 1 amide bonds. The van der Waals surface area contributed by atoms with Gasteiger partial charge in [-0.1, -0.05) is 30.3 Å². The molecule has 0 radical (unpaired) electrons. The Labute approximate surface area is 166 Å². The van der Waals surface area contributed by atoms with Gasteiger partial charge in [-0.05, 0) is 31.2 Å². The summed E-state index contributed by atoms with van der Waals surface area (Å²) < 4.78 is 29.5. The summed E-state index contributed by atoms with van der Waals surface area (Å²) in [5, 5.41) is 0. The first-order valence-corrected chi connectivity index (χ1v) is 11.3. The third-order valence-electron chi connectivity index (χ3n) is 5.87. The van der Waals surface area contributed by atoms with Gasteiger partial charge < -0.3 is 9.47 Å². The Hall–Kier alpha value is -2.19. The van der Waals surface area contributed by atoms with Gasteiger partial charge >= 0.3 is 0 Å². The van der Waals surface area contributed by atoms with Crippen molar-refractivity contribution in [1.29, 1.82) is 0 Å². The quantitative estimate of drug-likeness (QED) is 0.784. The van der Waals surface area contributed by atoms with Gasteiger partial charge in [0.25, 0.3) is 5.91 Å². The van der Waals surface area contributed by atoms with Crippen LogP contribution >= 0.6 is 0 Å². The van der Waals surface area contributed by atoms with Crippen LogP contribution in [0.5, 0.6) is 0 Å². The molecule has 0 bridgehead atoms. The largest absolute Gasteiger partial charge is 0.340 e. The van der Waals surface area contributed by atoms with Gasteiger partial charge in [0.1, 0.15) is 5.69 Å². The molecule has 28 heavy (non-hydrogen) atoms. The molecule has 0 aliphatic carbocycles. The molecular weight excluding hydrogens is 376 g/mol. The summed E-state index contributed by atoms with van der Waals surface area (Å²) in [6.07, 6.45) is 6.67. The summed E-state index contributed by atoms with van der Waals surface area (Å²) >= 11 is 0. The van der Waals surface area contributed by atoms with Crippen molar-refractivity contribution < 1.29 is 13.2 Å². The van der Waals surface area contributed by atoms with E-state index in [1.165, 1.54) is 0 Å². The average molecular weight is 403 g/mol. The topological polar surface area (TPSA) is 75.5 Å². The molecule has 0 N–H and O–H groups in total. The Balaban J connectivity index is 1.55. The fourth-order valence-electron chi connectivity index (χ4n) is 4.53. The summed E-state index contributed by atoms with van der Waals surface area (Å²) in [6.45, 7) is 1.55. The number of hydrogen-bond donors (Lipinski definition) is 0. The number of sulfonamides is 1. The summed E-state index contributed by atoms with van der Waals surface area (Å²) in [4.78, 5) is 19.1. The summed E-state index contributed by atoms with van der Waals surface area (Å²) in [6, 6.07) is 9.26. The van der Waals surface area contributed by atoms with Crippen LogP contribution in [0.25, 0.3) is 0 Å². The maximum absolute atomic E-state index is 13.1. The normalized spacial score (nSPS) is 23.4. The molecule has 2 aromatic rings. The molecule has 2 aliphatic heterocycles. The van der Waals surface area contributed by atoms with Crippen molar-refractivity contribution >= 4 is 15.9 Å². The highest BCUT2D eigenvalue weighted by Crippen LogP contribution is 2.39. The van der Waals surface area contributed by atoms with Gasteiger partial charge in [0, 0.05) is 32.9 Å². The third kappa shape index (κ3) is 3.58. The zero-order valence-electron chi connectivity index (χ0n) is 16.1. The van der Waals surface area contributed by atoms with Gasteiger partial charge in [0.15, 0.2) is 0 Å². The molecule has 1 atom stereocenters. The highest BCUT2D eigenvalue weighted by Gasteiger charge is 2.48. The minimum Gasteiger partial charge on any atom is -0.340 e. The van der Waals surface area contributed by atoms with E-state index in [9.17, 15) is 13.2 Å². The highest BCUT2D eigenvalue weighted by atomic mass is 32.2. The van der Waals surface area contributed by atoms with Crippen molar-refractivity contribution in [3.63, 3.8) is 0 Å². The number of carbonyl (C=O) groups is 1. The number of imidazole rings is 1. The Bertz CT molecular complexity index is 957. The van der Waals surface area contributed by atoms with E-state index < -0.39 is 15.6 Å². The molecule has 1 aromatic heterocycles. The first-order chi connectivity index (χ1) is 13.4. The van der Waals surface area contributed by atoms with E-state index in [-0.39, 0.29) is 11.7 Å². The van der Waals surface area contributed by atoms with E-state index in [4.69, 9.17) is 0 Å². The number of piperidine rings is 1. The number of carbonyl (C=O) groups excluding carboxylic acids is 1. The van der Waals surface area contributed by atoms with Gasteiger partial charge in [-0.3, -0.25) is 4.79 Å². The predicted octanol–water partition coefficient (Wildman–Crippen LogP) is 2.02. The van der Waals surface area contributed by atoms with Crippen molar-refractivity contribution in [3.05, 3.63) is 54.1 Å². The van der Waals surface area contributed by atoms with E-state index in [1.807, 2.05) is 42.3 Å². The summed E-state index contributed by atoms with van der Waals surface area (Å²) in [5.41, 5.74) is 0.791. The average Bonchev–Trinajstić information content (AvgIpc) is 3.28. The molecule has 2 aliphatic rings. The minimum atomic E-state index is -3.43. The van der Waals surface area contributed by atoms with Gasteiger partial charge in [-0.2, -0.15) is 4.31 Å². The van der Waals surface area contributed by atoms with Gasteiger partial charge in [0.05, 0.1) is 17.6 Å². The zero-order valence-corrected chi connectivity index (χ0v) is 16.9. The Morgan fingerprint density at radius 1 is 1.14 bits per heavy atom. The fraction of sp³-hybridized carbons (Fsp3) is 0.500. The summed E-state index contributed by atoms with van der Waals surface area (Å²) in [7, 11) is -1.60. The van der Waals surface area contributed by atoms with Crippen LogP contribution in [0.15, 0.2) is 42.9 Å². The standard InChI is InChI=1S/C20H26N4O3S/c1-22-13-18(21-16-22)19(25)24-12-6-10-20(24)9-5-11-23(15-20)28(26,27)14-17-7-3-2-4-8-17/h2-4,7-8,13,16H,5-6,9-12,14-15H2,1H3/t20-/m0/s1. The molecule has 0 saturated carbocycles. The number of rotatable bonds is 4. The van der Waals surface area contributed by atoms with Gasteiger partial charge in [-0.15, -0.1) is 0 Å². The van der Waals surface area contributed by atoms with Gasteiger partial charge in [0.2, 0.25) is 10.0 Å². The lowest BCUT2D eigenvalue weighted by molar-refractivity contribution is 0.0442. The Morgan fingerprint density at radius 2 is 1.86 bits per heavy atom. The smallest absolute Gasteiger partial charge is 0.274 e. The number of amides is 1. The van der Waals surface area contributed by atoms with Crippen LogP contribution in [-0.4, -0.2) is 58.3 Å². The number of aromatic nitrogens is 2. The van der Waals surface area contributed by atoms with Crippen LogP contribution < -0.4 is 0 Å². The van der Waals surface area contributed by atoms with E-state index in [1.54, 1.807) is 21.4 Å². The molecule has 3 heterocycles. The third-order valence-corrected chi connectivity index (χ3v) is 7.67. The SMILES string of the molecule is Cn1cnc(C(=O)N2CCC[C@]23CCCN(S(=O)(=O)Cc2ccccc2)C3)c1. The van der Waals surface area contributed by atoms with Crippen molar-refractivity contribution in [1.82, 2.24) is 18.8 Å². The Kier molecular flexibility index (Phi) is 5.01.